The van der Waals surface area contributed by atoms with Gasteiger partial charge in [0.1, 0.15) is 5.52 Å². The van der Waals surface area contributed by atoms with Gasteiger partial charge in [0, 0.05) is 13.0 Å². The molecule has 0 spiro atoms. The number of benzene rings is 1. The number of carboxylic acid groups (broad SMARTS) is 1. The Kier molecular flexibility index (Phi) is 2.87. The molecule has 0 fully saturated rings. The van der Waals surface area contributed by atoms with Crippen molar-refractivity contribution in [2.45, 2.75) is 12.8 Å². The number of carbonyl (C=O) groups is 1. The van der Waals surface area contributed by atoms with Crippen LogP contribution in [-0.2, 0) is 6.42 Å². The van der Waals surface area contributed by atoms with Crippen molar-refractivity contribution in [3.8, 4) is 0 Å². The normalized spacial score (nSPS) is 10.8. The molecule has 0 bridgehead atoms. The highest BCUT2D eigenvalue weighted by Gasteiger charge is 2.09. The first-order valence-corrected chi connectivity index (χ1v) is 4.94. The number of oxazole rings is 1. The maximum Gasteiger partial charge on any atom is 0.335 e. The van der Waals surface area contributed by atoms with E-state index >= 15 is 0 Å². The average Bonchev–Trinajstić information content (AvgIpc) is 2.67. The number of rotatable bonds is 4. The van der Waals surface area contributed by atoms with Gasteiger partial charge in [0.25, 0.3) is 0 Å². The van der Waals surface area contributed by atoms with E-state index in [0.29, 0.717) is 29.8 Å². The molecule has 0 radical (unpaired) electrons. The van der Waals surface area contributed by atoms with Crippen molar-refractivity contribution in [1.82, 2.24) is 4.98 Å². The first kappa shape index (κ1) is 10.6. The van der Waals surface area contributed by atoms with E-state index < -0.39 is 5.97 Å². The number of aromatic nitrogens is 1. The molecule has 2 rings (SSSR count). The first-order chi connectivity index (χ1) is 7.70. The standard InChI is InChI=1S/C11H11NO4/c13-5-1-2-10-12-8-6-7(11(14)15)3-4-9(8)16-10/h3-4,6,13H,1-2,5H2,(H,14,15). The lowest BCUT2D eigenvalue weighted by Crippen LogP contribution is -1.94. The summed E-state index contributed by atoms with van der Waals surface area (Å²) in [7, 11) is 0. The molecule has 0 atom stereocenters. The van der Waals surface area contributed by atoms with Gasteiger partial charge in [-0.25, -0.2) is 9.78 Å². The molecule has 0 amide bonds. The highest BCUT2D eigenvalue weighted by atomic mass is 16.4. The minimum atomic E-state index is -0.984. The van der Waals surface area contributed by atoms with E-state index in [2.05, 4.69) is 4.98 Å². The lowest BCUT2D eigenvalue weighted by molar-refractivity contribution is 0.0697. The SMILES string of the molecule is O=C(O)c1ccc2oc(CCCO)nc2c1. The van der Waals surface area contributed by atoms with E-state index in [9.17, 15) is 4.79 Å². The van der Waals surface area contributed by atoms with Gasteiger partial charge in [-0.1, -0.05) is 0 Å². The van der Waals surface area contributed by atoms with Crippen molar-refractivity contribution >= 4 is 17.1 Å². The molecular weight excluding hydrogens is 210 g/mol. The maximum atomic E-state index is 10.7. The van der Waals surface area contributed by atoms with Crippen LogP contribution >= 0.6 is 0 Å². The quantitative estimate of drug-likeness (QED) is 0.816. The van der Waals surface area contributed by atoms with Crippen LogP contribution in [0.25, 0.3) is 11.1 Å². The summed E-state index contributed by atoms with van der Waals surface area (Å²) in [5.41, 5.74) is 1.29. The highest BCUT2D eigenvalue weighted by Crippen LogP contribution is 2.18. The van der Waals surface area contributed by atoms with Crippen molar-refractivity contribution in [3.05, 3.63) is 29.7 Å². The predicted octanol–water partition coefficient (Wildman–Crippen LogP) is 1.45. The number of hydrogen-bond donors (Lipinski definition) is 2. The number of aromatic carboxylic acids is 1. The molecule has 0 saturated heterocycles. The van der Waals surface area contributed by atoms with Crippen LogP contribution in [0.1, 0.15) is 22.7 Å². The molecule has 0 aliphatic carbocycles. The van der Waals surface area contributed by atoms with Crippen molar-refractivity contribution in [1.29, 1.82) is 0 Å². The van der Waals surface area contributed by atoms with Crippen molar-refractivity contribution in [2.75, 3.05) is 6.61 Å². The van der Waals surface area contributed by atoms with E-state index in [1.165, 1.54) is 12.1 Å². The van der Waals surface area contributed by atoms with Crippen LogP contribution < -0.4 is 0 Å². The summed E-state index contributed by atoms with van der Waals surface area (Å²) in [5.74, 6) is -0.464. The molecule has 5 heteroatoms. The fourth-order valence-electron chi connectivity index (χ4n) is 1.45. The average molecular weight is 221 g/mol. The molecule has 1 heterocycles. The fourth-order valence-corrected chi connectivity index (χ4v) is 1.45. The second-order valence-corrected chi connectivity index (χ2v) is 3.42. The van der Waals surface area contributed by atoms with E-state index in [-0.39, 0.29) is 12.2 Å². The zero-order chi connectivity index (χ0) is 11.5. The predicted molar refractivity (Wildman–Crippen MR) is 56.4 cm³/mol. The molecule has 5 nitrogen and oxygen atoms in total. The monoisotopic (exact) mass is 221 g/mol. The summed E-state index contributed by atoms with van der Waals surface area (Å²) < 4.78 is 5.39. The van der Waals surface area contributed by atoms with Gasteiger partial charge in [0.05, 0.1) is 5.56 Å². The van der Waals surface area contributed by atoms with Crippen LogP contribution in [0.3, 0.4) is 0 Å². The van der Waals surface area contributed by atoms with Crippen LogP contribution in [0.5, 0.6) is 0 Å². The van der Waals surface area contributed by atoms with Crippen molar-refractivity contribution in [2.24, 2.45) is 0 Å². The molecule has 84 valence electrons. The van der Waals surface area contributed by atoms with Gasteiger partial charge in [0.15, 0.2) is 11.5 Å². The van der Waals surface area contributed by atoms with Crippen molar-refractivity contribution < 1.29 is 19.4 Å². The van der Waals surface area contributed by atoms with Gasteiger partial charge < -0.3 is 14.6 Å². The third kappa shape index (κ3) is 2.04. The second kappa shape index (κ2) is 4.32. The molecular formula is C11H11NO4. The van der Waals surface area contributed by atoms with Crippen molar-refractivity contribution in [3.63, 3.8) is 0 Å². The van der Waals surface area contributed by atoms with Gasteiger partial charge in [-0.15, -0.1) is 0 Å². The number of aliphatic hydroxyl groups excluding tert-OH is 1. The second-order valence-electron chi connectivity index (χ2n) is 3.42. The molecule has 0 unspecified atom stereocenters. The van der Waals surface area contributed by atoms with Crippen LogP contribution in [-0.4, -0.2) is 27.8 Å². The van der Waals surface area contributed by atoms with E-state index in [1.807, 2.05) is 0 Å². The minimum absolute atomic E-state index is 0.0824. The smallest absolute Gasteiger partial charge is 0.335 e. The fraction of sp³-hybridized carbons (Fsp3) is 0.273. The Morgan fingerprint density at radius 1 is 1.44 bits per heavy atom. The first-order valence-electron chi connectivity index (χ1n) is 4.94. The van der Waals surface area contributed by atoms with Gasteiger partial charge in [-0.2, -0.15) is 0 Å². The van der Waals surface area contributed by atoms with E-state index in [1.54, 1.807) is 6.07 Å². The Balaban J connectivity index is 2.34. The van der Waals surface area contributed by atoms with E-state index in [0.717, 1.165) is 0 Å². The van der Waals surface area contributed by atoms with E-state index in [4.69, 9.17) is 14.6 Å². The van der Waals surface area contributed by atoms with Crippen LogP contribution in [0.15, 0.2) is 22.6 Å². The van der Waals surface area contributed by atoms with Crippen LogP contribution in [0.4, 0.5) is 0 Å². The molecule has 0 saturated carbocycles. The lowest BCUT2D eigenvalue weighted by atomic mass is 10.2. The molecule has 2 N–H and O–H groups in total. The van der Waals surface area contributed by atoms with Crippen LogP contribution in [0.2, 0.25) is 0 Å². The molecule has 1 aromatic heterocycles. The largest absolute Gasteiger partial charge is 0.478 e. The number of aliphatic hydroxyl groups is 1. The van der Waals surface area contributed by atoms with Gasteiger partial charge in [-0.05, 0) is 24.6 Å². The highest BCUT2D eigenvalue weighted by molar-refractivity contribution is 5.91. The zero-order valence-corrected chi connectivity index (χ0v) is 8.51. The summed E-state index contributed by atoms with van der Waals surface area (Å²) in [4.78, 5) is 14.9. The topological polar surface area (TPSA) is 83.6 Å². The summed E-state index contributed by atoms with van der Waals surface area (Å²) in [5, 5.41) is 17.5. The summed E-state index contributed by atoms with van der Waals surface area (Å²) in [6.45, 7) is 0.0824. The summed E-state index contributed by atoms with van der Waals surface area (Å²) in [6.07, 6.45) is 1.13. The van der Waals surface area contributed by atoms with Gasteiger partial charge in [-0.3, -0.25) is 0 Å². The third-order valence-corrected chi connectivity index (χ3v) is 2.23. The number of aryl methyl sites for hydroxylation is 1. The summed E-state index contributed by atoms with van der Waals surface area (Å²) in [6, 6.07) is 4.55. The number of nitrogens with zero attached hydrogens (tertiary/aromatic N) is 1. The van der Waals surface area contributed by atoms with Crippen LogP contribution in [0, 0.1) is 0 Å². The lowest BCUT2D eigenvalue weighted by Gasteiger charge is -1.91. The molecule has 1 aromatic carbocycles. The molecule has 2 aromatic rings. The number of hydrogen-bond acceptors (Lipinski definition) is 4. The zero-order valence-electron chi connectivity index (χ0n) is 8.51. The number of fused-ring (bicyclic) bond motifs is 1. The summed E-state index contributed by atoms with van der Waals surface area (Å²) >= 11 is 0. The Hall–Kier alpha value is -1.88. The Labute approximate surface area is 91.3 Å². The molecule has 0 aliphatic heterocycles. The Morgan fingerprint density at radius 2 is 2.25 bits per heavy atom. The third-order valence-electron chi connectivity index (χ3n) is 2.23. The van der Waals surface area contributed by atoms with Gasteiger partial charge in [0.2, 0.25) is 0 Å². The Morgan fingerprint density at radius 3 is 2.94 bits per heavy atom. The maximum absolute atomic E-state index is 10.7. The van der Waals surface area contributed by atoms with Gasteiger partial charge >= 0.3 is 5.97 Å². The number of carboxylic acids is 1. The minimum Gasteiger partial charge on any atom is -0.478 e. The molecule has 16 heavy (non-hydrogen) atoms. The molecule has 0 aliphatic rings. The Bertz CT molecular complexity index is 518.